The van der Waals surface area contributed by atoms with Crippen LogP contribution in [0.3, 0.4) is 0 Å². The molecule has 0 N–H and O–H groups in total. The summed E-state index contributed by atoms with van der Waals surface area (Å²) in [6, 6.07) is 0. The first-order valence-corrected chi connectivity index (χ1v) is 6.62. The minimum Gasteiger partial charge on any atom is -0.342 e. The predicted molar refractivity (Wildman–Crippen MR) is 70.4 cm³/mol. The lowest BCUT2D eigenvalue weighted by Gasteiger charge is -2.34. The number of hydrogen-bond acceptors (Lipinski definition) is 1. The van der Waals surface area contributed by atoms with Crippen LogP contribution in [0.4, 0.5) is 0 Å². The summed E-state index contributed by atoms with van der Waals surface area (Å²) in [5.41, 5.74) is -0.208. The minimum absolute atomic E-state index is 0.208. The van der Waals surface area contributed by atoms with Gasteiger partial charge in [-0.25, -0.2) is 0 Å². The fraction of sp³-hybridized carbons (Fsp3) is 0.929. The van der Waals surface area contributed by atoms with Gasteiger partial charge in [0.15, 0.2) is 0 Å². The summed E-state index contributed by atoms with van der Waals surface area (Å²) in [6.07, 6.45) is 3.59. The van der Waals surface area contributed by atoms with E-state index >= 15 is 0 Å². The number of rotatable bonds is 0. The monoisotopic (exact) mass is 227 g/mol. The van der Waals surface area contributed by atoms with Gasteiger partial charge in [-0.3, -0.25) is 4.79 Å². The summed E-state index contributed by atoms with van der Waals surface area (Å²) in [5, 5.41) is 0. The van der Waals surface area contributed by atoms with Crippen molar-refractivity contribution < 1.29 is 4.79 Å². The summed E-state index contributed by atoms with van der Waals surface area (Å²) in [5.74, 6) is 1.10. The van der Waals surface area contributed by atoms with E-state index < -0.39 is 0 Å². The van der Waals surface area contributed by atoms with Gasteiger partial charge in [-0.1, -0.05) is 48.0 Å². The van der Waals surface area contributed by atoms with Crippen LogP contribution in [-0.4, -0.2) is 23.9 Å². The molecular weight excluding hydrogens is 198 g/mol. The average Bonchev–Trinajstić information content (AvgIpc) is 2.18. The fourth-order valence-electron chi connectivity index (χ4n) is 1.69. The molecule has 0 aromatic heterocycles. The molecule has 1 amide bonds. The van der Waals surface area contributed by atoms with E-state index in [1.807, 2.05) is 25.7 Å². The summed E-state index contributed by atoms with van der Waals surface area (Å²) in [4.78, 5) is 13.9. The smallest absolute Gasteiger partial charge is 0.227 e. The molecule has 0 radical (unpaired) electrons. The fourth-order valence-corrected chi connectivity index (χ4v) is 1.69. The molecule has 0 aliphatic carbocycles. The van der Waals surface area contributed by atoms with Crippen molar-refractivity contribution in [3.05, 3.63) is 0 Å². The van der Waals surface area contributed by atoms with Crippen LogP contribution >= 0.6 is 0 Å². The van der Waals surface area contributed by atoms with E-state index in [0.717, 1.165) is 19.0 Å². The van der Waals surface area contributed by atoms with Crippen molar-refractivity contribution in [3.8, 4) is 0 Å². The van der Waals surface area contributed by atoms with Gasteiger partial charge in [0.25, 0.3) is 0 Å². The van der Waals surface area contributed by atoms with E-state index in [0.29, 0.717) is 5.91 Å². The van der Waals surface area contributed by atoms with Gasteiger partial charge in [-0.15, -0.1) is 0 Å². The zero-order valence-corrected chi connectivity index (χ0v) is 12.0. The molecule has 0 spiro atoms. The van der Waals surface area contributed by atoms with Gasteiger partial charge < -0.3 is 4.90 Å². The quantitative estimate of drug-likeness (QED) is 0.618. The van der Waals surface area contributed by atoms with Crippen LogP contribution in [0.25, 0.3) is 0 Å². The number of carbonyl (C=O) groups is 1. The average molecular weight is 227 g/mol. The Morgan fingerprint density at radius 3 is 1.88 bits per heavy atom. The molecule has 96 valence electrons. The molecule has 1 aliphatic rings. The lowest BCUT2D eigenvalue weighted by molar-refractivity contribution is -0.140. The zero-order chi connectivity index (χ0) is 12.8. The highest BCUT2D eigenvalue weighted by Crippen LogP contribution is 2.22. The summed E-state index contributed by atoms with van der Waals surface area (Å²) >= 11 is 0. The Labute approximate surface area is 101 Å². The van der Waals surface area contributed by atoms with Crippen LogP contribution in [0.5, 0.6) is 0 Å². The van der Waals surface area contributed by atoms with Gasteiger partial charge in [0.1, 0.15) is 0 Å². The molecule has 1 rings (SSSR count). The van der Waals surface area contributed by atoms with Crippen molar-refractivity contribution >= 4 is 5.91 Å². The first kappa shape index (κ1) is 15.5. The Balaban J connectivity index is 0.000000673. The van der Waals surface area contributed by atoms with Gasteiger partial charge in [0, 0.05) is 18.5 Å². The van der Waals surface area contributed by atoms with Gasteiger partial charge in [-0.05, 0) is 18.8 Å². The molecule has 16 heavy (non-hydrogen) atoms. The molecule has 0 unspecified atom stereocenters. The van der Waals surface area contributed by atoms with E-state index in [2.05, 4.69) is 20.8 Å². The molecule has 0 aromatic rings. The molecule has 2 nitrogen and oxygen atoms in total. The number of likely N-dealkylation sites (tertiary alicyclic amines) is 1. The van der Waals surface area contributed by atoms with Crippen molar-refractivity contribution in [1.82, 2.24) is 4.90 Å². The number of nitrogens with zero attached hydrogens (tertiary/aromatic N) is 1. The van der Waals surface area contributed by atoms with E-state index in [1.54, 1.807) is 0 Å². The summed E-state index contributed by atoms with van der Waals surface area (Å²) in [6.45, 7) is 14.4. The molecular formula is C14H29NO. The van der Waals surface area contributed by atoms with E-state index in [4.69, 9.17) is 0 Å². The van der Waals surface area contributed by atoms with Gasteiger partial charge in [0.05, 0.1) is 0 Å². The largest absolute Gasteiger partial charge is 0.342 e. The van der Waals surface area contributed by atoms with Crippen molar-refractivity contribution in [1.29, 1.82) is 0 Å². The maximum Gasteiger partial charge on any atom is 0.227 e. The maximum atomic E-state index is 11.9. The molecule has 1 aliphatic heterocycles. The predicted octanol–water partition coefficient (Wildman–Crippen LogP) is 3.71. The number of hydrogen-bond donors (Lipinski definition) is 0. The molecule has 2 heteroatoms. The second-order valence-corrected chi connectivity index (χ2v) is 5.93. The standard InChI is InChI=1S/C11H21NO.C3H8/c1-9-5-7-12(8-6-9)10(13)11(2,3)4;1-3-2/h9H,5-8H2,1-4H3;3H2,1-2H3. The Morgan fingerprint density at radius 1 is 1.19 bits per heavy atom. The van der Waals surface area contributed by atoms with Gasteiger partial charge in [0.2, 0.25) is 5.91 Å². The first-order valence-electron chi connectivity index (χ1n) is 6.62. The Hall–Kier alpha value is -0.530. The Bertz CT molecular complexity index is 197. The number of piperidine rings is 1. The molecule has 0 aromatic carbocycles. The molecule has 0 bridgehead atoms. The highest BCUT2D eigenvalue weighted by Gasteiger charge is 2.29. The summed E-state index contributed by atoms with van der Waals surface area (Å²) < 4.78 is 0. The van der Waals surface area contributed by atoms with E-state index in [1.165, 1.54) is 19.3 Å². The third kappa shape index (κ3) is 5.53. The second kappa shape index (κ2) is 6.93. The van der Waals surface area contributed by atoms with Crippen LogP contribution in [0.1, 0.15) is 60.8 Å². The normalized spacial score (nSPS) is 17.8. The third-order valence-corrected chi connectivity index (χ3v) is 2.71. The van der Waals surface area contributed by atoms with Crippen molar-refractivity contribution in [2.45, 2.75) is 60.8 Å². The van der Waals surface area contributed by atoms with Gasteiger partial charge >= 0.3 is 0 Å². The van der Waals surface area contributed by atoms with Crippen LogP contribution in [-0.2, 0) is 4.79 Å². The summed E-state index contributed by atoms with van der Waals surface area (Å²) in [7, 11) is 0. The number of carbonyl (C=O) groups excluding carboxylic acids is 1. The molecule has 1 heterocycles. The maximum absolute atomic E-state index is 11.9. The first-order chi connectivity index (χ1) is 7.32. The van der Waals surface area contributed by atoms with Crippen LogP contribution in [0, 0.1) is 11.3 Å². The highest BCUT2D eigenvalue weighted by atomic mass is 16.2. The van der Waals surface area contributed by atoms with E-state index in [9.17, 15) is 4.79 Å². The zero-order valence-electron chi connectivity index (χ0n) is 12.0. The Kier molecular flexibility index (Phi) is 6.70. The topological polar surface area (TPSA) is 20.3 Å². The van der Waals surface area contributed by atoms with Crippen molar-refractivity contribution in [3.63, 3.8) is 0 Å². The van der Waals surface area contributed by atoms with Crippen LogP contribution < -0.4 is 0 Å². The Morgan fingerprint density at radius 2 is 1.56 bits per heavy atom. The number of amides is 1. The molecule has 1 saturated heterocycles. The molecule has 1 fully saturated rings. The molecule has 0 atom stereocenters. The lowest BCUT2D eigenvalue weighted by Crippen LogP contribution is -2.43. The van der Waals surface area contributed by atoms with E-state index in [-0.39, 0.29) is 5.41 Å². The lowest BCUT2D eigenvalue weighted by atomic mass is 9.92. The SMILES string of the molecule is CC1CCN(C(=O)C(C)(C)C)CC1.CCC. The van der Waals surface area contributed by atoms with Crippen molar-refractivity contribution in [2.75, 3.05) is 13.1 Å². The van der Waals surface area contributed by atoms with Gasteiger partial charge in [-0.2, -0.15) is 0 Å². The minimum atomic E-state index is -0.208. The highest BCUT2D eigenvalue weighted by molar-refractivity contribution is 5.81. The van der Waals surface area contributed by atoms with Crippen molar-refractivity contribution in [2.24, 2.45) is 11.3 Å². The third-order valence-electron chi connectivity index (χ3n) is 2.71. The van der Waals surface area contributed by atoms with Crippen LogP contribution in [0.15, 0.2) is 0 Å². The van der Waals surface area contributed by atoms with Crippen LogP contribution in [0.2, 0.25) is 0 Å². The second-order valence-electron chi connectivity index (χ2n) is 5.93. The molecule has 0 saturated carbocycles.